The van der Waals surface area contributed by atoms with Crippen molar-refractivity contribution >= 4 is 21.0 Å². The first-order valence-corrected chi connectivity index (χ1v) is 7.45. The summed E-state index contributed by atoms with van der Waals surface area (Å²) in [4.78, 5) is 0.179. The normalized spacial score (nSPS) is 22.1. The molecule has 0 saturated heterocycles. The van der Waals surface area contributed by atoms with E-state index < -0.39 is 21.0 Å². The zero-order valence-corrected chi connectivity index (χ0v) is 10.1. The zero-order valence-electron chi connectivity index (χ0n) is 8.44. The fourth-order valence-electron chi connectivity index (χ4n) is 1.39. The van der Waals surface area contributed by atoms with Gasteiger partial charge >= 0.3 is 0 Å². The fourth-order valence-corrected chi connectivity index (χ4v) is 4.45. The second-order valence-electron chi connectivity index (χ2n) is 3.26. The Hall–Kier alpha value is -0.980. The van der Waals surface area contributed by atoms with E-state index in [9.17, 15) is 12.6 Å². The predicted molar refractivity (Wildman–Crippen MR) is 62.5 cm³/mol. The standard InChI is InChI=1S/C10H11NO3S2/c12-15-9-5-4-8-11(15)16(13,14)10-6-2-1-3-7-10/h1-7H,8-9H2. The molecule has 1 aromatic carbocycles. The van der Waals surface area contributed by atoms with Gasteiger partial charge in [0.15, 0.2) is 0 Å². The Morgan fingerprint density at radius 1 is 1.12 bits per heavy atom. The van der Waals surface area contributed by atoms with E-state index >= 15 is 0 Å². The second kappa shape index (κ2) is 4.48. The minimum absolute atomic E-state index is 0.170. The summed E-state index contributed by atoms with van der Waals surface area (Å²) in [5.74, 6) is 0.256. The van der Waals surface area contributed by atoms with E-state index in [1.807, 2.05) is 0 Å². The summed E-state index contributed by atoms with van der Waals surface area (Å²) in [5.41, 5.74) is 0. The molecule has 1 unspecified atom stereocenters. The van der Waals surface area contributed by atoms with Crippen LogP contribution in [0.5, 0.6) is 0 Å². The van der Waals surface area contributed by atoms with Crippen molar-refractivity contribution in [2.75, 3.05) is 12.3 Å². The smallest absolute Gasteiger partial charge is 0.241 e. The van der Waals surface area contributed by atoms with Gasteiger partial charge in [-0.3, -0.25) is 0 Å². The Bertz CT molecular complexity index is 522. The lowest BCUT2D eigenvalue weighted by atomic mass is 10.4. The molecule has 2 rings (SSSR count). The van der Waals surface area contributed by atoms with E-state index in [-0.39, 0.29) is 17.2 Å². The monoisotopic (exact) mass is 257 g/mol. The third-order valence-corrected chi connectivity index (χ3v) is 5.92. The van der Waals surface area contributed by atoms with Gasteiger partial charge in [-0.25, -0.2) is 12.6 Å². The van der Waals surface area contributed by atoms with Crippen LogP contribution >= 0.6 is 0 Å². The molecule has 0 N–H and O–H groups in total. The summed E-state index contributed by atoms with van der Waals surface area (Å²) in [6, 6.07) is 8.05. The molecule has 1 aromatic rings. The molecule has 4 nitrogen and oxygen atoms in total. The molecule has 16 heavy (non-hydrogen) atoms. The number of hydrogen-bond acceptors (Lipinski definition) is 3. The quantitative estimate of drug-likeness (QED) is 0.740. The highest BCUT2D eigenvalue weighted by Crippen LogP contribution is 2.18. The minimum atomic E-state index is -3.63. The van der Waals surface area contributed by atoms with Gasteiger partial charge in [-0.1, -0.05) is 30.4 Å². The summed E-state index contributed by atoms with van der Waals surface area (Å²) in [6.07, 6.45) is 3.44. The first-order valence-electron chi connectivity index (χ1n) is 4.73. The first-order chi connectivity index (χ1) is 7.62. The molecular weight excluding hydrogens is 246 g/mol. The van der Waals surface area contributed by atoms with Crippen molar-refractivity contribution in [3.63, 3.8) is 0 Å². The van der Waals surface area contributed by atoms with Crippen molar-refractivity contribution in [3.8, 4) is 0 Å². The summed E-state index contributed by atoms with van der Waals surface area (Å²) in [6.45, 7) is 0.170. The predicted octanol–water partition coefficient (Wildman–Crippen LogP) is 0.911. The highest BCUT2D eigenvalue weighted by atomic mass is 32.3. The maximum absolute atomic E-state index is 12.1. The molecule has 0 spiro atoms. The van der Waals surface area contributed by atoms with Crippen LogP contribution in [0.1, 0.15) is 0 Å². The van der Waals surface area contributed by atoms with Crippen LogP contribution in [-0.2, 0) is 21.0 Å². The van der Waals surface area contributed by atoms with E-state index in [2.05, 4.69) is 0 Å². The second-order valence-corrected chi connectivity index (χ2v) is 6.77. The maximum Gasteiger partial charge on any atom is 0.254 e. The highest BCUT2D eigenvalue weighted by Gasteiger charge is 2.29. The van der Waals surface area contributed by atoms with Gasteiger partial charge in [0.25, 0.3) is 10.0 Å². The molecule has 6 heteroatoms. The van der Waals surface area contributed by atoms with Gasteiger partial charge in [-0.05, 0) is 12.1 Å². The molecule has 1 heterocycles. The van der Waals surface area contributed by atoms with Crippen molar-refractivity contribution in [2.24, 2.45) is 0 Å². The largest absolute Gasteiger partial charge is 0.254 e. The molecule has 0 amide bonds. The van der Waals surface area contributed by atoms with Crippen molar-refractivity contribution < 1.29 is 12.6 Å². The number of benzene rings is 1. The molecule has 0 fully saturated rings. The van der Waals surface area contributed by atoms with E-state index in [1.54, 1.807) is 30.4 Å². The van der Waals surface area contributed by atoms with E-state index in [0.29, 0.717) is 0 Å². The first kappa shape index (κ1) is 11.5. The van der Waals surface area contributed by atoms with Gasteiger partial charge in [0.05, 0.1) is 10.6 Å². The van der Waals surface area contributed by atoms with Gasteiger partial charge in [0, 0.05) is 6.54 Å². The summed E-state index contributed by atoms with van der Waals surface area (Å²) in [5, 5.41) is 0. The molecule has 0 radical (unpaired) electrons. The summed E-state index contributed by atoms with van der Waals surface area (Å²) < 4.78 is 36.8. The Morgan fingerprint density at radius 3 is 2.44 bits per heavy atom. The minimum Gasteiger partial charge on any atom is -0.241 e. The Balaban J connectivity index is 2.40. The Kier molecular flexibility index (Phi) is 3.22. The van der Waals surface area contributed by atoms with Crippen LogP contribution in [0.25, 0.3) is 0 Å². The van der Waals surface area contributed by atoms with Crippen molar-refractivity contribution in [3.05, 3.63) is 42.5 Å². The van der Waals surface area contributed by atoms with Gasteiger partial charge in [0.1, 0.15) is 11.0 Å². The number of hydrogen-bond donors (Lipinski definition) is 0. The molecule has 1 atom stereocenters. The van der Waals surface area contributed by atoms with Gasteiger partial charge in [-0.2, -0.15) is 0 Å². The van der Waals surface area contributed by atoms with E-state index in [1.165, 1.54) is 12.1 Å². The number of sulfonamides is 1. The number of rotatable bonds is 2. The van der Waals surface area contributed by atoms with Crippen LogP contribution in [0.2, 0.25) is 0 Å². The Labute approximate surface area is 97.2 Å². The van der Waals surface area contributed by atoms with Crippen molar-refractivity contribution in [1.82, 2.24) is 3.71 Å². The average Bonchev–Trinajstić information content (AvgIpc) is 2.30. The summed E-state index contributed by atoms with van der Waals surface area (Å²) in [7, 11) is -5.12. The topological polar surface area (TPSA) is 54.5 Å². The van der Waals surface area contributed by atoms with E-state index in [0.717, 1.165) is 3.71 Å². The zero-order chi connectivity index (χ0) is 11.6. The van der Waals surface area contributed by atoms with Crippen LogP contribution in [-0.4, -0.2) is 28.6 Å². The van der Waals surface area contributed by atoms with Crippen LogP contribution in [0.4, 0.5) is 0 Å². The Morgan fingerprint density at radius 2 is 1.81 bits per heavy atom. The lowest BCUT2D eigenvalue weighted by Crippen LogP contribution is -2.36. The van der Waals surface area contributed by atoms with Gasteiger partial charge in [-0.15, -0.1) is 3.71 Å². The van der Waals surface area contributed by atoms with Crippen LogP contribution < -0.4 is 0 Å². The molecule has 86 valence electrons. The lowest BCUT2D eigenvalue weighted by Gasteiger charge is -2.21. The van der Waals surface area contributed by atoms with Gasteiger partial charge < -0.3 is 0 Å². The van der Waals surface area contributed by atoms with Crippen molar-refractivity contribution in [1.29, 1.82) is 0 Å². The molecule has 1 aliphatic heterocycles. The maximum atomic E-state index is 12.1. The summed E-state index contributed by atoms with van der Waals surface area (Å²) >= 11 is 0. The molecule has 1 aliphatic rings. The molecule has 0 saturated carbocycles. The van der Waals surface area contributed by atoms with E-state index in [4.69, 9.17) is 0 Å². The highest BCUT2D eigenvalue weighted by molar-refractivity contribution is 8.01. The third kappa shape index (κ3) is 2.09. The van der Waals surface area contributed by atoms with Crippen LogP contribution in [0.3, 0.4) is 0 Å². The van der Waals surface area contributed by atoms with Crippen LogP contribution in [0.15, 0.2) is 47.4 Å². The molecule has 0 aromatic heterocycles. The van der Waals surface area contributed by atoms with Crippen LogP contribution in [0, 0.1) is 0 Å². The molecule has 0 aliphatic carbocycles. The average molecular weight is 257 g/mol. The van der Waals surface area contributed by atoms with Crippen molar-refractivity contribution in [2.45, 2.75) is 4.90 Å². The lowest BCUT2D eigenvalue weighted by molar-refractivity contribution is 0.543. The SMILES string of the molecule is O=S1CC=CCN1S(=O)(=O)c1ccccc1. The fraction of sp³-hybridized carbons (Fsp3) is 0.200. The number of nitrogens with zero attached hydrogens (tertiary/aromatic N) is 1. The molecular formula is C10H11NO3S2. The molecule has 0 bridgehead atoms. The third-order valence-electron chi connectivity index (χ3n) is 2.20. The van der Waals surface area contributed by atoms with Gasteiger partial charge in [0.2, 0.25) is 0 Å².